The van der Waals surface area contributed by atoms with Crippen molar-refractivity contribution < 1.29 is 4.74 Å². The molecule has 0 amide bonds. The third-order valence-corrected chi connectivity index (χ3v) is 2.67. The fourth-order valence-corrected chi connectivity index (χ4v) is 1.78. The Morgan fingerprint density at radius 2 is 2.11 bits per heavy atom. The van der Waals surface area contributed by atoms with Gasteiger partial charge in [-0.2, -0.15) is 0 Å². The van der Waals surface area contributed by atoms with E-state index in [-0.39, 0.29) is 0 Å². The van der Waals surface area contributed by atoms with Crippen LogP contribution in [0.4, 0.5) is 0 Å². The summed E-state index contributed by atoms with van der Waals surface area (Å²) < 4.78 is 5.06. The molecule has 1 rings (SSSR count). The van der Waals surface area contributed by atoms with Crippen molar-refractivity contribution in [1.29, 1.82) is 0 Å². The summed E-state index contributed by atoms with van der Waals surface area (Å²) in [7, 11) is 3.85. The van der Waals surface area contributed by atoms with Crippen LogP contribution in [0.1, 0.15) is 17.5 Å². The number of hydrogen-bond acceptors (Lipinski definition) is 3. The minimum atomic E-state index is 0.401. The summed E-state index contributed by atoms with van der Waals surface area (Å²) in [6, 6.07) is 8.22. The molecule has 0 radical (unpaired) electrons. The van der Waals surface area contributed by atoms with E-state index in [1.54, 1.807) is 7.11 Å². The van der Waals surface area contributed by atoms with Crippen LogP contribution in [0.5, 0.6) is 0 Å². The van der Waals surface area contributed by atoms with Gasteiger partial charge in [-0.15, -0.1) is 0 Å². The van der Waals surface area contributed by atoms with Gasteiger partial charge in [-0.1, -0.05) is 30.0 Å². The average molecular weight is 246 g/mol. The van der Waals surface area contributed by atoms with Crippen molar-refractivity contribution >= 4 is 0 Å². The van der Waals surface area contributed by atoms with Crippen LogP contribution in [0, 0.1) is 11.8 Å². The van der Waals surface area contributed by atoms with E-state index in [9.17, 15) is 0 Å². The standard InChI is InChI=1S/C15H22N2O/c1-17(11-6-12-18-2)13-15-8-4-3-7-14(15)9-5-10-16/h3-4,7-8H,6,10-13,16H2,1-2H3. The molecule has 0 saturated heterocycles. The molecule has 3 heteroatoms. The van der Waals surface area contributed by atoms with Gasteiger partial charge in [0, 0.05) is 32.4 Å². The van der Waals surface area contributed by atoms with Crippen LogP contribution in [0.15, 0.2) is 24.3 Å². The number of methoxy groups -OCH3 is 1. The molecule has 0 aliphatic rings. The Morgan fingerprint density at radius 1 is 1.33 bits per heavy atom. The van der Waals surface area contributed by atoms with Gasteiger partial charge in [0.1, 0.15) is 0 Å². The van der Waals surface area contributed by atoms with Gasteiger partial charge in [0.25, 0.3) is 0 Å². The SMILES string of the molecule is COCCCN(C)Cc1ccccc1C#CCN. The van der Waals surface area contributed by atoms with Crippen molar-refractivity contribution in [3.8, 4) is 11.8 Å². The first-order valence-corrected chi connectivity index (χ1v) is 6.22. The second-order valence-electron chi connectivity index (χ2n) is 4.25. The quantitative estimate of drug-likeness (QED) is 0.610. The predicted octanol–water partition coefficient (Wildman–Crippen LogP) is 1.47. The van der Waals surface area contributed by atoms with E-state index in [0.29, 0.717) is 6.54 Å². The first-order valence-electron chi connectivity index (χ1n) is 6.22. The van der Waals surface area contributed by atoms with Crippen molar-refractivity contribution in [2.75, 3.05) is 33.9 Å². The lowest BCUT2D eigenvalue weighted by molar-refractivity contribution is 0.178. The molecular weight excluding hydrogens is 224 g/mol. The zero-order valence-electron chi connectivity index (χ0n) is 11.3. The van der Waals surface area contributed by atoms with E-state index in [2.05, 4.69) is 29.9 Å². The topological polar surface area (TPSA) is 38.5 Å². The van der Waals surface area contributed by atoms with Crippen LogP contribution >= 0.6 is 0 Å². The smallest absolute Gasteiger partial charge is 0.0555 e. The van der Waals surface area contributed by atoms with Gasteiger partial charge in [-0.3, -0.25) is 0 Å². The molecule has 0 fully saturated rings. The maximum absolute atomic E-state index is 5.41. The van der Waals surface area contributed by atoms with Gasteiger partial charge < -0.3 is 15.4 Å². The Bertz CT molecular complexity index is 406. The van der Waals surface area contributed by atoms with Gasteiger partial charge >= 0.3 is 0 Å². The highest BCUT2D eigenvalue weighted by molar-refractivity contribution is 5.41. The summed E-state index contributed by atoms with van der Waals surface area (Å²) in [5.41, 5.74) is 7.73. The molecule has 2 N–H and O–H groups in total. The molecule has 0 aliphatic heterocycles. The van der Waals surface area contributed by atoms with Gasteiger partial charge in [0.05, 0.1) is 6.54 Å². The highest BCUT2D eigenvalue weighted by Crippen LogP contribution is 2.10. The number of nitrogens with two attached hydrogens (primary N) is 1. The second-order valence-corrected chi connectivity index (χ2v) is 4.25. The molecule has 0 heterocycles. The molecule has 0 bridgehead atoms. The van der Waals surface area contributed by atoms with Crippen LogP contribution < -0.4 is 5.73 Å². The summed E-state index contributed by atoms with van der Waals surface area (Å²) in [5, 5.41) is 0. The van der Waals surface area contributed by atoms with E-state index in [1.165, 1.54) is 5.56 Å². The number of benzene rings is 1. The Hall–Kier alpha value is -1.34. The second kappa shape index (κ2) is 8.71. The lowest BCUT2D eigenvalue weighted by Gasteiger charge is -2.17. The average Bonchev–Trinajstić information content (AvgIpc) is 2.38. The molecule has 3 nitrogen and oxygen atoms in total. The summed E-state index contributed by atoms with van der Waals surface area (Å²) in [5.74, 6) is 6.03. The first kappa shape index (κ1) is 14.7. The van der Waals surface area contributed by atoms with Crippen LogP contribution in [0.25, 0.3) is 0 Å². The Morgan fingerprint density at radius 3 is 2.83 bits per heavy atom. The van der Waals surface area contributed by atoms with Crippen LogP contribution in [-0.2, 0) is 11.3 Å². The molecule has 1 aromatic carbocycles. The van der Waals surface area contributed by atoms with Crippen molar-refractivity contribution in [2.45, 2.75) is 13.0 Å². The summed E-state index contributed by atoms with van der Waals surface area (Å²) >= 11 is 0. The Balaban J connectivity index is 2.60. The maximum Gasteiger partial charge on any atom is 0.0555 e. The number of rotatable bonds is 6. The van der Waals surface area contributed by atoms with Crippen molar-refractivity contribution in [3.63, 3.8) is 0 Å². The van der Waals surface area contributed by atoms with Gasteiger partial charge in [-0.05, 0) is 25.1 Å². The number of hydrogen-bond donors (Lipinski definition) is 1. The van der Waals surface area contributed by atoms with E-state index in [1.807, 2.05) is 18.2 Å². The summed E-state index contributed by atoms with van der Waals surface area (Å²) in [6.45, 7) is 3.13. The largest absolute Gasteiger partial charge is 0.385 e. The molecule has 0 spiro atoms. The highest BCUT2D eigenvalue weighted by atomic mass is 16.5. The summed E-state index contributed by atoms with van der Waals surface area (Å²) in [4.78, 5) is 2.28. The van der Waals surface area contributed by atoms with Gasteiger partial charge in [-0.25, -0.2) is 0 Å². The Kier molecular flexibility index (Phi) is 7.12. The minimum absolute atomic E-state index is 0.401. The number of nitrogens with zero attached hydrogens (tertiary/aromatic N) is 1. The lowest BCUT2D eigenvalue weighted by Crippen LogP contribution is -2.20. The van der Waals surface area contributed by atoms with Crippen LogP contribution in [0.3, 0.4) is 0 Å². The summed E-state index contributed by atoms with van der Waals surface area (Å²) in [6.07, 6.45) is 1.05. The van der Waals surface area contributed by atoms with Crippen molar-refractivity contribution in [3.05, 3.63) is 35.4 Å². The third-order valence-electron chi connectivity index (χ3n) is 2.67. The first-order chi connectivity index (χ1) is 8.77. The Labute approximate surface area is 110 Å². The van der Waals surface area contributed by atoms with E-state index in [4.69, 9.17) is 10.5 Å². The molecule has 0 atom stereocenters. The van der Waals surface area contributed by atoms with Gasteiger partial charge in [0.15, 0.2) is 0 Å². The van der Waals surface area contributed by atoms with Crippen molar-refractivity contribution in [1.82, 2.24) is 4.90 Å². The van der Waals surface area contributed by atoms with Crippen molar-refractivity contribution in [2.24, 2.45) is 5.73 Å². The zero-order valence-corrected chi connectivity index (χ0v) is 11.3. The van der Waals surface area contributed by atoms with Gasteiger partial charge in [0.2, 0.25) is 0 Å². The molecule has 98 valence electrons. The normalized spacial score (nSPS) is 10.2. The number of ether oxygens (including phenoxy) is 1. The molecule has 0 aliphatic carbocycles. The fourth-order valence-electron chi connectivity index (χ4n) is 1.78. The van der Waals surface area contributed by atoms with E-state index < -0.39 is 0 Å². The van der Waals surface area contributed by atoms with E-state index >= 15 is 0 Å². The third kappa shape index (κ3) is 5.33. The molecule has 0 aromatic heterocycles. The monoisotopic (exact) mass is 246 g/mol. The maximum atomic E-state index is 5.41. The van der Waals surface area contributed by atoms with Crippen LogP contribution in [0.2, 0.25) is 0 Å². The molecule has 0 saturated carbocycles. The molecule has 0 unspecified atom stereocenters. The fraction of sp³-hybridized carbons (Fsp3) is 0.467. The molecule has 1 aromatic rings. The minimum Gasteiger partial charge on any atom is -0.385 e. The highest BCUT2D eigenvalue weighted by Gasteiger charge is 2.03. The lowest BCUT2D eigenvalue weighted by atomic mass is 10.1. The predicted molar refractivity (Wildman–Crippen MR) is 75.2 cm³/mol. The zero-order chi connectivity index (χ0) is 13.2. The van der Waals surface area contributed by atoms with E-state index in [0.717, 1.165) is 31.7 Å². The molecular formula is C15H22N2O. The molecule has 18 heavy (non-hydrogen) atoms. The van der Waals surface area contributed by atoms with Crippen LogP contribution in [-0.4, -0.2) is 38.8 Å².